The third kappa shape index (κ3) is 2.60. The maximum absolute atomic E-state index is 9.99. The molecule has 4 heteroatoms. The van der Waals surface area contributed by atoms with Gasteiger partial charge in [-0.2, -0.15) is 0 Å². The highest BCUT2D eigenvalue weighted by Gasteiger charge is 2.13. The van der Waals surface area contributed by atoms with Crippen LogP contribution in [-0.4, -0.2) is 28.1 Å². The fourth-order valence-electron chi connectivity index (χ4n) is 3.04. The van der Waals surface area contributed by atoms with Gasteiger partial charge in [0, 0.05) is 6.54 Å². The van der Waals surface area contributed by atoms with E-state index in [9.17, 15) is 5.11 Å². The van der Waals surface area contributed by atoms with Gasteiger partial charge >= 0.3 is 0 Å². The Morgan fingerprint density at radius 3 is 2.73 bits per heavy atom. The molecular formula is C18H18N2OS. The predicted molar refractivity (Wildman–Crippen MR) is 91.2 cm³/mol. The molecule has 112 valence electrons. The topological polar surface area (TPSA) is 36.4 Å². The molecule has 3 aromatic rings. The van der Waals surface area contributed by atoms with Crippen LogP contribution < -0.4 is 0 Å². The number of rotatable bonds is 3. The summed E-state index contributed by atoms with van der Waals surface area (Å²) in [6.45, 7) is 3.45. The zero-order valence-corrected chi connectivity index (χ0v) is 13.1. The summed E-state index contributed by atoms with van der Waals surface area (Å²) in [6.07, 6.45) is 2.64. The number of thiazole rings is 1. The van der Waals surface area contributed by atoms with E-state index in [2.05, 4.69) is 28.1 Å². The Balaban J connectivity index is 1.67. The molecule has 0 atom stereocenters. The molecule has 1 aromatic heterocycles. The van der Waals surface area contributed by atoms with Gasteiger partial charge < -0.3 is 5.11 Å². The molecule has 0 saturated carbocycles. The van der Waals surface area contributed by atoms with Crippen LogP contribution in [0.3, 0.4) is 0 Å². The number of para-hydroxylation sites is 1. The first-order chi connectivity index (χ1) is 10.8. The lowest BCUT2D eigenvalue weighted by Gasteiger charge is -2.14. The number of aromatic nitrogens is 1. The van der Waals surface area contributed by atoms with E-state index >= 15 is 0 Å². The maximum atomic E-state index is 9.99. The molecule has 1 aliphatic heterocycles. The molecule has 22 heavy (non-hydrogen) atoms. The van der Waals surface area contributed by atoms with Crippen molar-refractivity contribution in [3.05, 3.63) is 48.0 Å². The smallest absolute Gasteiger partial charge is 0.128 e. The Morgan fingerprint density at radius 1 is 1.09 bits per heavy atom. The van der Waals surface area contributed by atoms with Gasteiger partial charge in [0.15, 0.2) is 0 Å². The van der Waals surface area contributed by atoms with Crippen molar-refractivity contribution in [1.29, 1.82) is 0 Å². The Labute approximate surface area is 133 Å². The van der Waals surface area contributed by atoms with Crippen LogP contribution in [0.2, 0.25) is 0 Å². The SMILES string of the molecule is Oc1ccccc1-c1nc2ccc(CN3CCCC3)cc2s1. The number of fused-ring (bicyclic) bond motifs is 1. The average Bonchev–Trinajstić information content (AvgIpc) is 3.16. The number of likely N-dealkylation sites (tertiary alicyclic amines) is 1. The number of phenolic OH excluding ortho intramolecular Hbond substituents is 1. The van der Waals surface area contributed by atoms with E-state index in [1.807, 2.05) is 18.2 Å². The van der Waals surface area contributed by atoms with E-state index in [1.165, 1.54) is 36.2 Å². The lowest BCUT2D eigenvalue weighted by molar-refractivity contribution is 0.331. The minimum absolute atomic E-state index is 0.291. The Hall–Kier alpha value is -1.91. The zero-order valence-electron chi connectivity index (χ0n) is 12.3. The van der Waals surface area contributed by atoms with Crippen LogP contribution in [0.25, 0.3) is 20.8 Å². The summed E-state index contributed by atoms with van der Waals surface area (Å²) in [4.78, 5) is 7.17. The highest BCUT2D eigenvalue weighted by Crippen LogP contribution is 2.35. The van der Waals surface area contributed by atoms with Crippen molar-refractivity contribution < 1.29 is 5.11 Å². The molecule has 4 rings (SSSR count). The van der Waals surface area contributed by atoms with Gasteiger partial charge in [0.05, 0.1) is 15.8 Å². The summed E-state index contributed by atoms with van der Waals surface area (Å²) in [6, 6.07) is 13.9. The van der Waals surface area contributed by atoms with E-state index in [4.69, 9.17) is 0 Å². The molecule has 1 aliphatic rings. The Kier molecular flexibility index (Phi) is 3.56. The maximum Gasteiger partial charge on any atom is 0.128 e. The van der Waals surface area contributed by atoms with Gasteiger partial charge in [-0.25, -0.2) is 4.98 Å². The van der Waals surface area contributed by atoms with Crippen LogP contribution in [-0.2, 0) is 6.54 Å². The second-order valence-electron chi connectivity index (χ2n) is 5.82. The Morgan fingerprint density at radius 2 is 1.91 bits per heavy atom. The van der Waals surface area contributed by atoms with Crippen molar-refractivity contribution in [1.82, 2.24) is 9.88 Å². The average molecular weight is 310 g/mol. The fourth-order valence-corrected chi connectivity index (χ4v) is 4.10. The summed E-state index contributed by atoms with van der Waals surface area (Å²) >= 11 is 1.65. The Bertz CT molecular complexity index is 806. The minimum Gasteiger partial charge on any atom is -0.507 e. The second-order valence-corrected chi connectivity index (χ2v) is 6.85. The van der Waals surface area contributed by atoms with Gasteiger partial charge in [0.2, 0.25) is 0 Å². The zero-order chi connectivity index (χ0) is 14.9. The first-order valence-corrected chi connectivity index (χ1v) is 8.51. The summed E-state index contributed by atoms with van der Waals surface area (Å²) in [5, 5.41) is 10.9. The van der Waals surface area contributed by atoms with Crippen LogP contribution >= 0.6 is 11.3 Å². The largest absolute Gasteiger partial charge is 0.507 e. The highest BCUT2D eigenvalue weighted by atomic mass is 32.1. The molecule has 0 bridgehead atoms. The lowest BCUT2D eigenvalue weighted by atomic mass is 10.2. The van der Waals surface area contributed by atoms with Crippen LogP contribution in [0.4, 0.5) is 0 Å². The number of hydrogen-bond donors (Lipinski definition) is 1. The fraction of sp³-hybridized carbons (Fsp3) is 0.278. The second kappa shape index (κ2) is 5.71. The van der Waals surface area contributed by atoms with Gasteiger partial charge in [0.1, 0.15) is 10.8 Å². The van der Waals surface area contributed by atoms with Crippen molar-refractivity contribution in [2.75, 3.05) is 13.1 Å². The number of hydrogen-bond acceptors (Lipinski definition) is 4. The molecular weight excluding hydrogens is 292 g/mol. The molecule has 0 spiro atoms. The number of benzene rings is 2. The standard InChI is InChI=1S/C18H18N2OS/c21-16-6-2-1-5-14(16)18-19-15-8-7-13(11-17(15)22-18)12-20-9-3-4-10-20/h1-2,5-8,11,21H,3-4,9-10,12H2. The third-order valence-electron chi connectivity index (χ3n) is 4.19. The van der Waals surface area contributed by atoms with E-state index in [-0.39, 0.29) is 0 Å². The van der Waals surface area contributed by atoms with Crippen molar-refractivity contribution in [2.45, 2.75) is 19.4 Å². The van der Waals surface area contributed by atoms with Crippen molar-refractivity contribution in [3.8, 4) is 16.3 Å². The van der Waals surface area contributed by atoms with Gasteiger partial charge in [-0.3, -0.25) is 4.90 Å². The van der Waals surface area contributed by atoms with E-state index in [0.29, 0.717) is 5.75 Å². The van der Waals surface area contributed by atoms with Gasteiger partial charge in [-0.15, -0.1) is 11.3 Å². The number of aromatic hydroxyl groups is 1. The number of nitrogens with zero attached hydrogens (tertiary/aromatic N) is 2. The first kappa shape index (κ1) is 13.7. The van der Waals surface area contributed by atoms with Gasteiger partial charge in [0.25, 0.3) is 0 Å². The molecule has 1 fully saturated rings. The molecule has 1 N–H and O–H groups in total. The van der Waals surface area contributed by atoms with E-state index in [1.54, 1.807) is 17.4 Å². The summed E-state index contributed by atoms with van der Waals surface area (Å²) in [5.74, 6) is 0.291. The van der Waals surface area contributed by atoms with Crippen LogP contribution in [0.15, 0.2) is 42.5 Å². The predicted octanol–water partition coefficient (Wildman–Crippen LogP) is 4.26. The molecule has 2 heterocycles. The van der Waals surface area contributed by atoms with Crippen molar-refractivity contribution >= 4 is 21.6 Å². The van der Waals surface area contributed by atoms with E-state index in [0.717, 1.165) is 22.6 Å². The molecule has 0 radical (unpaired) electrons. The van der Waals surface area contributed by atoms with Crippen molar-refractivity contribution in [3.63, 3.8) is 0 Å². The number of phenols is 1. The summed E-state index contributed by atoms with van der Waals surface area (Å²) in [7, 11) is 0. The monoisotopic (exact) mass is 310 g/mol. The first-order valence-electron chi connectivity index (χ1n) is 7.70. The molecule has 0 unspecified atom stereocenters. The summed E-state index contributed by atoms with van der Waals surface area (Å²) < 4.78 is 1.19. The quantitative estimate of drug-likeness (QED) is 0.785. The summed E-state index contributed by atoms with van der Waals surface area (Å²) in [5.41, 5.74) is 3.17. The normalized spacial score (nSPS) is 15.6. The molecule has 1 saturated heterocycles. The van der Waals surface area contributed by atoms with Crippen LogP contribution in [0.1, 0.15) is 18.4 Å². The van der Waals surface area contributed by atoms with Crippen LogP contribution in [0.5, 0.6) is 5.75 Å². The van der Waals surface area contributed by atoms with Gasteiger partial charge in [-0.05, 0) is 55.8 Å². The molecule has 0 aliphatic carbocycles. The van der Waals surface area contributed by atoms with Crippen LogP contribution in [0, 0.1) is 0 Å². The minimum atomic E-state index is 0.291. The highest BCUT2D eigenvalue weighted by molar-refractivity contribution is 7.21. The van der Waals surface area contributed by atoms with Crippen molar-refractivity contribution in [2.24, 2.45) is 0 Å². The molecule has 0 amide bonds. The molecule has 2 aromatic carbocycles. The van der Waals surface area contributed by atoms with E-state index < -0.39 is 0 Å². The lowest BCUT2D eigenvalue weighted by Crippen LogP contribution is -2.18. The van der Waals surface area contributed by atoms with Gasteiger partial charge in [-0.1, -0.05) is 18.2 Å². The molecule has 3 nitrogen and oxygen atoms in total. The third-order valence-corrected chi connectivity index (χ3v) is 5.24.